The number of aromatic nitrogens is 1. The number of benzene rings is 1. The quantitative estimate of drug-likeness (QED) is 0.835. The Bertz CT molecular complexity index is 637. The fourth-order valence-corrected chi connectivity index (χ4v) is 2.97. The molecule has 1 heterocycles. The Morgan fingerprint density at radius 3 is 2.55 bits per heavy atom. The van der Waals surface area contributed by atoms with Crippen LogP contribution in [0.3, 0.4) is 0 Å². The second-order valence-corrected chi connectivity index (χ2v) is 6.40. The van der Waals surface area contributed by atoms with E-state index in [0.29, 0.717) is 5.13 Å². The average molecular weight is 307 g/mol. The lowest BCUT2D eigenvalue weighted by molar-refractivity contribution is -0.122. The molecule has 1 amide bonds. The van der Waals surface area contributed by atoms with Crippen LogP contribution in [0.15, 0.2) is 12.1 Å². The number of nitrogens with zero attached hydrogens (tertiary/aromatic N) is 1. The van der Waals surface area contributed by atoms with Crippen molar-refractivity contribution < 1.29 is 4.79 Å². The summed E-state index contributed by atoms with van der Waals surface area (Å²) in [4.78, 5) is 16.1. The minimum absolute atomic E-state index is 0.101. The van der Waals surface area contributed by atoms with Crippen molar-refractivity contribution in [2.75, 3.05) is 5.32 Å². The highest BCUT2D eigenvalue weighted by atomic mass is 32.1. The third kappa shape index (κ3) is 3.13. The van der Waals surface area contributed by atoms with Gasteiger partial charge in [-0.1, -0.05) is 37.3 Å². The Balaban J connectivity index is 2.18. The number of fused-ring (bicyclic) bond motifs is 1. The first-order chi connectivity index (χ1) is 9.38. The summed E-state index contributed by atoms with van der Waals surface area (Å²) in [7, 11) is 0. The fraction of sp³-hybridized carbons (Fsp3) is 0.357. The highest BCUT2D eigenvalue weighted by Gasteiger charge is 2.12. The smallest absolute Gasteiger partial charge is 0.228 e. The first kappa shape index (κ1) is 14.9. The number of amides is 1. The van der Waals surface area contributed by atoms with E-state index in [9.17, 15) is 4.79 Å². The fourth-order valence-electron chi connectivity index (χ4n) is 1.70. The molecule has 2 aromatic rings. The molecule has 20 heavy (non-hydrogen) atoms. The Morgan fingerprint density at radius 2 is 1.95 bits per heavy atom. The predicted octanol–water partition coefficient (Wildman–Crippen LogP) is 3.38. The number of carbonyl (C=O) groups is 1. The summed E-state index contributed by atoms with van der Waals surface area (Å²) >= 11 is 6.67. The van der Waals surface area contributed by atoms with E-state index >= 15 is 0 Å². The first-order valence-electron chi connectivity index (χ1n) is 6.37. The van der Waals surface area contributed by atoms with Crippen LogP contribution in [-0.2, 0) is 4.79 Å². The molecule has 0 atom stereocenters. The van der Waals surface area contributed by atoms with Gasteiger partial charge in [-0.15, -0.1) is 0 Å². The maximum Gasteiger partial charge on any atom is 0.228 e. The molecule has 2 N–H and O–H groups in total. The van der Waals surface area contributed by atoms with E-state index in [1.807, 2.05) is 20.8 Å². The van der Waals surface area contributed by atoms with Gasteiger partial charge in [0.15, 0.2) is 10.2 Å². The van der Waals surface area contributed by atoms with Gasteiger partial charge < -0.3 is 10.6 Å². The SMILES string of the molecule is Cc1ccc(C)c2sc(NC(=S)NC(=O)C(C)C)nc12. The van der Waals surface area contributed by atoms with Crippen molar-refractivity contribution in [2.24, 2.45) is 5.92 Å². The molecule has 0 saturated carbocycles. The third-order valence-electron chi connectivity index (χ3n) is 2.92. The maximum absolute atomic E-state index is 11.6. The number of thiazole rings is 1. The molecule has 0 aliphatic rings. The molecule has 0 bridgehead atoms. The van der Waals surface area contributed by atoms with Gasteiger partial charge in [0.2, 0.25) is 5.91 Å². The van der Waals surface area contributed by atoms with Gasteiger partial charge in [0.1, 0.15) is 0 Å². The zero-order valence-corrected chi connectivity index (χ0v) is 13.5. The molecule has 0 radical (unpaired) electrons. The number of hydrogen-bond donors (Lipinski definition) is 2. The Hall–Kier alpha value is -1.53. The second-order valence-electron chi connectivity index (χ2n) is 4.99. The number of nitrogens with one attached hydrogen (secondary N) is 2. The molecule has 6 heteroatoms. The van der Waals surface area contributed by atoms with E-state index in [4.69, 9.17) is 12.2 Å². The van der Waals surface area contributed by atoms with Crippen LogP contribution < -0.4 is 10.6 Å². The highest BCUT2D eigenvalue weighted by molar-refractivity contribution is 7.80. The summed E-state index contributed by atoms with van der Waals surface area (Å²) in [5, 5.41) is 6.62. The molecule has 1 aromatic heterocycles. The summed E-state index contributed by atoms with van der Waals surface area (Å²) in [5.74, 6) is -0.203. The monoisotopic (exact) mass is 307 g/mol. The second kappa shape index (κ2) is 5.85. The first-order valence-corrected chi connectivity index (χ1v) is 7.59. The van der Waals surface area contributed by atoms with E-state index in [1.54, 1.807) is 11.3 Å². The lowest BCUT2D eigenvalue weighted by atomic mass is 10.1. The molecule has 106 valence electrons. The Kier molecular flexibility index (Phi) is 4.35. The molecular formula is C14H17N3OS2. The van der Waals surface area contributed by atoms with Gasteiger partial charge in [0.05, 0.1) is 10.2 Å². The number of aryl methyl sites for hydroxylation is 2. The minimum atomic E-state index is -0.102. The van der Waals surface area contributed by atoms with Crippen LogP contribution in [0.4, 0.5) is 5.13 Å². The number of hydrogen-bond acceptors (Lipinski definition) is 4. The van der Waals surface area contributed by atoms with Crippen LogP contribution in [0.2, 0.25) is 0 Å². The van der Waals surface area contributed by atoms with E-state index in [0.717, 1.165) is 15.8 Å². The predicted molar refractivity (Wildman–Crippen MR) is 88.3 cm³/mol. The zero-order valence-electron chi connectivity index (χ0n) is 11.9. The van der Waals surface area contributed by atoms with Crippen LogP contribution >= 0.6 is 23.6 Å². The molecule has 4 nitrogen and oxygen atoms in total. The van der Waals surface area contributed by atoms with Crippen molar-refractivity contribution in [1.82, 2.24) is 10.3 Å². The van der Waals surface area contributed by atoms with E-state index in [2.05, 4.69) is 34.7 Å². The van der Waals surface area contributed by atoms with Crippen LogP contribution in [-0.4, -0.2) is 16.0 Å². The zero-order chi connectivity index (χ0) is 14.9. The largest absolute Gasteiger partial charge is 0.308 e. The van der Waals surface area contributed by atoms with Gasteiger partial charge in [-0.25, -0.2) is 4.98 Å². The summed E-state index contributed by atoms with van der Waals surface area (Å²) in [6, 6.07) is 4.14. The van der Waals surface area contributed by atoms with Crippen molar-refractivity contribution >= 4 is 49.9 Å². The molecule has 0 aliphatic carbocycles. The third-order valence-corrected chi connectivity index (χ3v) is 4.23. The average Bonchev–Trinajstić information content (AvgIpc) is 2.78. The van der Waals surface area contributed by atoms with Crippen LogP contribution in [0.25, 0.3) is 10.2 Å². The van der Waals surface area contributed by atoms with E-state index < -0.39 is 0 Å². The summed E-state index contributed by atoms with van der Waals surface area (Å²) < 4.78 is 1.14. The van der Waals surface area contributed by atoms with Crippen molar-refractivity contribution in [3.05, 3.63) is 23.3 Å². The maximum atomic E-state index is 11.6. The highest BCUT2D eigenvalue weighted by Crippen LogP contribution is 2.30. The summed E-state index contributed by atoms with van der Waals surface area (Å²) in [6.07, 6.45) is 0. The molecular weight excluding hydrogens is 290 g/mol. The molecule has 0 saturated heterocycles. The van der Waals surface area contributed by atoms with Gasteiger partial charge >= 0.3 is 0 Å². The molecule has 0 unspecified atom stereocenters. The minimum Gasteiger partial charge on any atom is -0.308 e. The molecule has 0 fully saturated rings. The Morgan fingerprint density at radius 1 is 1.30 bits per heavy atom. The number of rotatable bonds is 2. The van der Waals surface area contributed by atoms with E-state index in [-0.39, 0.29) is 16.9 Å². The van der Waals surface area contributed by atoms with Gasteiger partial charge in [-0.2, -0.15) is 0 Å². The lowest BCUT2D eigenvalue weighted by Gasteiger charge is -2.08. The van der Waals surface area contributed by atoms with Crippen LogP contribution in [0, 0.1) is 19.8 Å². The van der Waals surface area contributed by atoms with Gasteiger partial charge in [0, 0.05) is 5.92 Å². The number of carbonyl (C=O) groups excluding carboxylic acids is 1. The molecule has 0 aliphatic heterocycles. The topological polar surface area (TPSA) is 54.0 Å². The standard InChI is InChI=1S/C14H17N3OS2/c1-7(2)12(18)16-13(19)17-14-15-10-8(3)5-6-9(4)11(10)20-14/h5-7H,1-4H3,(H2,15,16,17,18,19). The molecule has 1 aromatic carbocycles. The van der Waals surface area contributed by atoms with Gasteiger partial charge in [-0.05, 0) is 37.2 Å². The van der Waals surface area contributed by atoms with Crippen molar-refractivity contribution in [3.63, 3.8) is 0 Å². The van der Waals surface area contributed by atoms with Crippen LogP contribution in [0.5, 0.6) is 0 Å². The molecule has 0 spiro atoms. The normalized spacial score (nSPS) is 10.8. The summed E-state index contributed by atoms with van der Waals surface area (Å²) in [6.45, 7) is 7.73. The van der Waals surface area contributed by atoms with Gasteiger partial charge in [-0.3, -0.25) is 4.79 Å². The number of thiocarbonyl (C=S) groups is 1. The summed E-state index contributed by atoms with van der Waals surface area (Å²) in [5.41, 5.74) is 3.30. The Labute approximate surface area is 127 Å². The van der Waals surface area contributed by atoms with Crippen molar-refractivity contribution in [3.8, 4) is 0 Å². The molecule has 2 rings (SSSR count). The lowest BCUT2D eigenvalue weighted by Crippen LogP contribution is -2.36. The van der Waals surface area contributed by atoms with Crippen LogP contribution in [0.1, 0.15) is 25.0 Å². The van der Waals surface area contributed by atoms with Gasteiger partial charge in [0.25, 0.3) is 0 Å². The van der Waals surface area contributed by atoms with E-state index in [1.165, 1.54) is 5.56 Å². The van der Waals surface area contributed by atoms with Crippen molar-refractivity contribution in [1.29, 1.82) is 0 Å². The number of anilines is 1. The van der Waals surface area contributed by atoms with Crippen molar-refractivity contribution in [2.45, 2.75) is 27.7 Å².